The van der Waals surface area contributed by atoms with Gasteiger partial charge in [-0.3, -0.25) is 4.79 Å². The summed E-state index contributed by atoms with van der Waals surface area (Å²) in [6, 6.07) is 6.79. The minimum Gasteiger partial charge on any atom is -0.311 e. The number of thiol groups is 1. The van der Waals surface area contributed by atoms with Crippen molar-refractivity contribution in [3.8, 4) is 0 Å². The monoisotopic (exact) mass is 295 g/mol. The van der Waals surface area contributed by atoms with Gasteiger partial charge in [0.05, 0.1) is 16.0 Å². The number of nitrogens with zero attached hydrogens (tertiary/aromatic N) is 1. The number of likely N-dealkylation sites (tertiary alicyclic amines) is 1. The third kappa shape index (κ3) is 1.99. The number of benzene rings is 1. The van der Waals surface area contributed by atoms with Crippen molar-refractivity contribution in [2.75, 3.05) is 12.3 Å². The highest BCUT2D eigenvalue weighted by molar-refractivity contribution is 7.95. The smallest absolute Gasteiger partial charge is 0.227 e. The minimum atomic E-state index is -3.41. The van der Waals surface area contributed by atoms with Crippen molar-refractivity contribution in [1.29, 1.82) is 0 Å². The van der Waals surface area contributed by atoms with E-state index in [0.29, 0.717) is 30.0 Å². The Morgan fingerprint density at radius 3 is 2.74 bits per heavy atom. The summed E-state index contributed by atoms with van der Waals surface area (Å²) in [4.78, 5) is 13.9. The molecule has 19 heavy (non-hydrogen) atoms. The summed E-state index contributed by atoms with van der Waals surface area (Å²) in [5, 5.41) is 1.20. The lowest BCUT2D eigenvalue weighted by atomic mass is 10.1. The van der Waals surface area contributed by atoms with Crippen LogP contribution < -0.4 is 0 Å². The van der Waals surface area contributed by atoms with Crippen LogP contribution in [0.2, 0.25) is 0 Å². The highest BCUT2D eigenvalue weighted by Gasteiger charge is 2.37. The molecule has 4 nitrogen and oxygen atoms in total. The molecule has 0 N–H and O–H groups in total. The largest absolute Gasteiger partial charge is 0.311 e. The summed E-state index contributed by atoms with van der Waals surface area (Å²) in [5.41, 5.74) is 1.13. The van der Waals surface area contributed by atoms with Crippen molar-refractivity contribution >= 4 is 34.1 Å². The van der Waals surface area contributed by atoms with Gasteiger partial charge in [0, 0.05) is 18.5 Å². The van der Waals surface area contributed by atoms with E-state index in [-0.39, 0.29) is 16.7 Å². The summed E-state index contributed by atoms with van der Waals surface area (Å²) in [5.74, 6) is 0.786. The highest BCUT2D eigenvalue weighted by atomic mass is 32.2. The van der Waals surface area contributed by atoms with Crippen LogP contribution in [-0.4, -0.2) is 31.5 Å². The predicted octanol–water partition coefficient (Wildman–Crippen LogP) is 1.55. The SMILES string of the molecule is O=C1CC(CS)CN1C1=CS(=O)(=O)c2ccccc21. The van der Waals surface area contributed by atoms with E-state index in [0.717, 1.165) is 0 Å². The lowest BCUT2D eigenvalue weighted by Crippen LogP contribution is -2.23. The van der Waals surface area contributed by atoms with Crippen LogP contribution in [0.5, 0.6) is 0 Å². The molecule has 0 spiro atoms. The van der Waals surface area contributed by atoms with Crippen LogP contribution in [0.15, 0.2) is 34.6 Å². The predicted molar refractivity (Wildman–Crippen MR) is 75.3 cm³/mol. The quantitative estimate of drug-likeness (QED) is 0.842. The first-order valence-corrected chi connectivity index (χ1v) is 8.18. The van der Waals surface area contributed by atoms with Crippen LogP contribution in [0.3, 0.4) is 0 Å². The lowest BCUT2D eigenvalue weighted by molar-refractivity contribution is -0.125. The van der Waals surface area contributed by atoms with Crippen molar-refractivity contribution in [3.05, 3.63) is 35.2 Å². The second-order valence-electron chi connectivity index (χ2n) is 4.80. The van der Waals surface area contributed by atoms with Crippen molar-refractivity contribution in [2.24, 2.45) is 5.92 Å². The number of hydrogen-bond acceptors (Lipinski definition) is 4. The molecule has 0 saturated carbocycles. The van der Waals surface area contributed by atoms with Crippen LogP contribution >= 0.6 is 12.6 Å². The molecule has 1 saturated heterocycles. The number of sulfone groups is 1. The Hall–Kier alpha value is -1.27. The Labute approximate surface area is 117 Å². The normalized spacial score (nSPS) is 24.5. The average Bonchev–Trinajstić information content (AvgIpc) is 2.89. The summed E-state index contributed by atoms with van der Waals surface area (Å²) >= 11 is 4.21. The Morgan fingerprint density at radius 1 is 1.32 bits per heavy atom. The molecule has 1 amide bonds. The molecule has 100 valence electrons. The van der Waals surface area contributed by atoms with Crippen LogP contribution in [0.1, 0.15) is 12.0 Å². The van der Waals surface area contributed by atoms with E-state index < -0.39 is 9.84 Å². The van der Waals surface area contributed by atoms with Crippen molar-refractivity contribution in [1.82, 2.24) is 4.90 Å². The van der Waals surface area contributed by atoms with Gasteiger partial charge in [-0.25, -0.2) is 8.42 Å². The molecule has 2 aliphatic heterocycles. The van der Waals surface area contributed by atoms with E-state index in [1.807, 2.05) is 0 Å². The average molecular weight is 295 g/mol. The summed E-state index contributed by atoms with van der Waals surface area (Å²) < 4.78 is 24.1. The topological polar surface area (TPSA) is 54.5 Å². The second kappa shape index (κ2) is 4.38. The molecule has 1 atom stereocenters. The highest BCUT2D eigenvalue weighted by Crippen LogP contribution is 2.38. The zero-order chi connectivity index (χ0) is 13.6. The molecule has 2 heterocycles. The molecule has 3 rings (SSSR count). The first-order chi connectivity index (χ1) is 9.03. The molecule has 1 aromatic carbocycles. The molecular formula is C13H13NO3S2. The van der Waals surface area contributed by atoms with Gasteiger partial charge in [0.2, 0.25) is 15.7 Å². The Bertz CT molecular complexity index is 679. The third-order valence-electron chi connectivity index (χ3n) is 3.49. The molecule has 0 radical (unpaired) electrons. The van der Waals surface area contributed by atoms with Gasteiger partial charge in [0.25, 0.3) is 0 Å². The van der Waals surface area contributed by atoms with Crippen LogP contribution in [0.4, 0.5) is 0 Å². The van der Waals surface area contributed by atoms with Gasteiger partial charge >= 0.3 is 0 Å². The zero-order valence-corrected chi connectivity index (χ0v) is 11.8. The van der Waals surface area contributed by atoms with Gasteiger partial charge in [-0.1, -0.05) is 18.2 Å². The fourth-order valence-corrected chi connectivity index (χ4v) is 4.21. The Kier molecular flexibility index (Phi) is 2.94. The van der Waals surface area contributed by atoms with Gasteiger partial charge in [0.15, 0.2) is 0 Å². The van der Waals surface area contributed by atoms with Crippen molar-refractivity contribution < 1.29 is 13.2 Å². The molecular weight excluding hydrogens is 282 g/mol. The minimum absolute atomic E-state index is 0.0304. The first kappa shape index (κ1) is 12.7. The van der Waals surface area contributed by atoms with Gasteiger partial charge in [-0.05, 0) is 17.7 Å². The maximum absolute atomic E-state index is 12.0. The zero-order valence-electron chi connectivity index (χ0n) is 10.1. The Morgan fingerprint density at radius 2 is 2.05 bits per heavy atom. The van der Waals surface area contributed by atoms with Crippen LogP contribution in [0.25, 0.3) is 5.70 Å². The Balaban J connectivity index is 2.06. The standard InChI is InChI=1S/C13H13NO3S2/c15-13-5-9(7-18)6-14(13)11-8-19(16,17)12-4-2-1-3-10(11)12/h1-4,8-9,18H,5-7H2. The third-order valence-corrected chi connectivity index (χ3v) is 5.51. The fraction of sp³-hybridized carbons (Fsp3) is 0.308. The number of hydrogen-bond donors (Lipinski definition) is 1. The maximum Gasteiger partial charge on any atom is 0.227 e. The van der Waals surface area contributed by atoms with E-state index in [2.05, 4.69) is 12.6 Å². The fourth-order valence-electron chi connectivity index (χ4n) is 2.55. The number of carbonyl (C=O) groups is 1. The second-order valence-corrected chi connectivity index (χ2v) is 6.93. The van der Waals surface area contributed by atoms with Crippen LogP contribution in [0, 0.1) is 5.92 Å². The summed E-state index contributed by atoms with van der Waals surface area (Å²) in [6.07, 6.45) is 0.434. The molecule has 1 fully saturated rings. The lowest BCUT2D eigenvalue weighted by Gasteiger charge is -2.18. The molecule has 0 aliphatic carbocycles. The van der Waals surface area contributed by atoms with Crippen molar-refractivity contribution in [2.45, 2.75) is 11.3 Å². The maximum atomic E-state index is 12.0. The molecule has 0 aromatic heterocycles. The first-order valence-electron chi connectivity index (χ1n) is 6.00. The van der Waals surface area contributed by atoms with Crippen molar-refractivity contribution in [3.63, 3.8) is 0 Å². The number of carbonyl (C=O) groups excluding carboxylic acids is 1. The van der Waals surface area contributed by atoms with Gasteiger partial charge < -0.3 is 4.90 Å². The van der Waals surface area contributed by atoms with Gasteiger partial charge in [-0.15, -0.1) is 0 Å². The van der Waals surface area contributed by atoms with E-state index in [9.17, 15) is 13.2 Å². The molecule has 1 aromatic rings. The molecule has 6 heteroatoms. The number of rotatable bonds is 2. The van der Waals surface area contributed by atoms with Gasteiger partial charge in [0.1, 0.15) is 0 Å². The molecule has 2 aliphatic rings. The summed E-state index contributed by atoms with van der Waals surface area (Å²) in [6.45, 7) is 0.540. The van der Waals surface area contributed by atoms with E-state index in [4.69, 9.17) is 0 Å². The number of fused-ring (bicyclic) bond motifs is 1. The van der Waals surface area contributed by atoms with E-state index in [1.54, 1.807) is 29.2 Å². The molecule has 0 bridgehead atoms. The number of amides is 1. The van der Waals surface area contributed by atoms with Gasteiger partial charge in [-0.2, -0.15) is 12.6 Å². The molecule has 1 unspecified atom stereocenters. The van der Waals surface area contributed by atoms with Crippen LogP contribution in [-0.2, 0) is 14.6 Å². The van der Waals surface area contributed by atoms with E-state index in [1.165, 1.54) is 5.41 Å². The van der Waals surface area contributed by atoms with E-state index >= 15 is 0 Å². The summed E-state index contributed by atoms with van der Waals surface area (Å²) in [7, 11) is -3.41.